The number of nitrogens with zero attached hydrogens (tertiary/aromatic N) is 1. The van der Waals surface area contributed by atoms with Crippen LogP contribution >= 0.6 is 34.3 Å². The number of nitrogen functional groups attached to an aromatic ring is 1. The first-order valence-electron chi connectivity index (χ1n) is 6.65. The molecule has 1 amide bonds. The molecule has 7 heteroatoms. The number of rotatable bonds is 4. The predicted octanol–water partition coefficient (Wildman–Crippen LogP) is 4.48. The molecule has 3 rings (SSSR count). The average Bonchev–Trinajstić information content (AvgIpc) is 3.17. The summed E-state index contributed by atoms with van der Waals surface area (Å²) in [7, 11) is 0. The van der Waals surface area contributed by atoms with Gasteiger partial charge in [-0.3, -0.25) is 4.79 Å². The number of nitrogens with two attached hydrogens (primary N) is 1. The number of anilines is 1. The smallest absolute Gasteiger partial charge is 0.283 e. The average molecular weight is 362 g/mol. The lowest BCUT2D eigenvalue weighted by molar-refractivity contribution is 0.0960. The molecule has 0 saturated carbocycles. The maximum absolute atomic E-state index is 12.2. The third-order valence-corrected chi connectivity index (χ3v) is 5.25. The number of hydrazone groups is 1. The molecule has 3 aromatic rings. The topological polar surface area (TPSA) is 67.5 Å². The van der Waals surface area contributed by atoms with E-state index in [1.165, 1.54) is 11.3 Å². The van der Waals surface area contributed by atoms with Crippen LogP contribution in [0.15, 0.2) is 52.9 Å². The highest BCUT2D eigenvalue weighted by atomic mass is 35.5. The van der Waals surface area contributed by atoms with Gasteiger partial charge < -0.3 is 5.73 Å². The molecule has 3 N–H and O–H groups in total. The van der Waals surface area contributed by atoms with Gasteiger partial charge in [0.15, 0.2) is 0 Å². The van der Waals surface area contributed by atoms with Crippen LogP contribution in [-0.4, -0.2) is 12.1 Å². The van der Waals surface area contributed by atoms with Gasteiger partial charge in [-0.25, -0.2) is 5.43 Å². The number of hydrogen-bond acceptors (Lipinski definition) is 5. The lowest BCUT2D eigenvalue weighted by Gasteiger charge is -1.97. The molecule has 0 atom stereocenters. The van der Waals surface area contributed by atoms with Gasteiger partial charge in [-0.2, -0.15) is 5.10 Å². The number of amides is 1. The first-order chi connectivity index (χ1) is 11.1. The van der Waals surface area contributed by atoms with Gasteiger partial charge in [0.25, 0.3) is 5.91 Å². The van der Waals surface area contributed by atoms with E-state index in [1.54, 1.807) is 35.8 Å². The second kappa shape index (κ2) is 6.95. The van der Waals surface area contributed by atoms with Crippen molar-refractivity contribution in [3.8, 4) is 10.4 Å². The predicted molar refractivity (Wildman–Crippen MR) is 98.6 cm³/mol. The zero-order valence-electron chi connectivity index (χ0n) is 11.8. The summed E-state index contributed by atoms with van der Waals surface area (Å²) in [4.78, 5) is 14.5. The van der Waals surface area contributed by atoms with E-state index in [-0.39, 0.29) is 5.91 Å². The first kappa shape index (κ1) is 15.7. The van der Waals surface area contributed by atoms with Crippen LogP contribution in [0.4, 0.5) is 5.69 Å². The van der Waals surface area contributed by atoms with Crippen molar-refractivity contribution in [1.29, 1.82) is 0 Å². The third-order valence-electron chi connectivity index (χ3n) is 3.00. The number of carbonyl (C=O) groups is 1. The number of thiophene rings is 2. The number of halogens is 1. The summed E-state index contributed by atoms with van der Waals surface area (Å²) in [5.41, 5.74) is 9.85. The molecule has 2 aromatic heterocycles. The largest absolute Gasteiger partial charge is 0.397 e. The second-order valence-electron chi connectivity index (χ2n) is 4.62. The van der Waals surface area contributed by atoms with Gasteiger partial charge in [-0.1, -0.05) is 29.8 Å². The molecule has 0 aliphatic heterocycles. The van der Waals surface area contributed by atoms with Gasteiger partial charge in [0.2, 0.25) is 0 Å². The zero-order valence-corrected chi connectivity index (χ0v) is 14.2. The summed E-state index contributed by atoms with van der Waals surface area (Å²) in [5.74, 6) is -0.319. The van der Waals surface area contributed by atoms with E-state index in [9.17, 15) is 4.79 Å². The molecular formula is C16H12ClN3OS2. The molecular weight excluding hydrogens is 350 g/mol. The highest BCUT2D eigenvalue weighted by molar-refractivity contribution is 7.18. The Morgan fingerprint density at radius 2 is 2.04 bits per heavy atom. The first-order valence-corrected chi connectivity index (χ1v) is 8.73. The van der Waals surface area contributed by atoms with Gasteiger partial charge in [0.05, 0.1) is 11.9 Å². The Labute approximate surface area is 146 Å². The van der Waals surface area contributed by atoms with Gasteiger partial charge in [-0.15, -0.1) is 22.7 Å². The lowest BCUT2D eigenvalue weighted by Crippen LogP contribution is -2.17. The summed E-state index contributed by atoms with van der Waals surface area (Å²) in [6.45, 7) is 0. The molecule has 0 spiro atoms. The van der Waals surface area contributed by atoms with Crippen molar-refractivity contribution in [2.75, 3.05) is 5.73 Å². The van der Waals surface area contributed by atoms with Crippen LogP contribution in [0.5, 0.6) is 0 Å². The molecule has 2 heterocycles. The van der Waals surface area contributed by atoms with Crippen LogP contribution < -0.4 is 11.2 Å². The third kappa shape index (κ3) is 3.79. The van der Waals surface area contributed by atoms with Gasteiger partial charge in [0.1, 0.15) is 4.88 Å². The maximum Gasteiger partial charge on any atom is 0.283 e. The fourth-order valence-electron chi connectivity index (χ4n) is 1.91. The van der Waals surface area contributed by atoms with Crippen molar-refractivity contribution in [2.24, 2.45) is 5.10 Å². The van der Waals surface area contributed by atoms with Crippen molar-refractivity contribution in [2.45, 2.75) is 0 Å². The summed E-state index contributed by atoms with van der Waals surface area (Å²) in [6, 6.07) is 13.0. The minimum absolute atomic E-state index is 0.319. The quantitative estimate of drug-likeness (QED) is 0.531. The molecule has 0 aliphatic rings. The van der Waals surface area contributed by atoms with E-state index in [2.05, 4.69) is 10.5 Å². The minimum Gasteiger partial charge on any atom is -0.397 e. The Balaban J connectivity index is 1.75. The zero-order chi connectivity index (χ0) is 16.2. The van der Waals surface area contributed by atoms with Crippen LogP contribution in [0.2, 0.25) is 5.02 Å². The second-order valence-corrected chi connectivity index (χ2v) is 7.08. The van der Waals surface area contributed by atoms with Crippen LogP contribution in [0, 0.1) is 0 Å². The number of benzene rings is 1. The molecule has 0 unspecified atom stereocenters. The number of carbonyl (C=O) groups excluding carboxylic acids is 1. The van der Waals surface area contributed by atoms with E-state index in [0.29, 0.717) is 15.6 Å². The molecule has 23 heavy (non-hydrogen) atoms. The highest BCUT2D eigenvalue weighted by Crippen LogP contribution is 2.33. The summed E-state index contributed by atoms with van der Waals surface area (Å²) < 4.78 is 0. The van der Waals surface area contributed by atoms with E-state index >= 15 is 0 Å². The number of hydrogen-bond donors (Lipinski definition) is 2. The summed E-state index contributed by atoms with van der Waals surface area (Å²) in [6.07, 6.45) is 1.60. The maximum atomic E-state index is 12.2. The molecule has 0 saturated heterocycles. The van der Waals surface area contributed by atoms with Crippen molar-refractivity contribution < 1.29 is 4.79 Å². The molecule has 4 nitrogen and oxygen atoms in total. The van der Waals surface area contributed by atoms with Gasteiger partial charge in [-0.05, 0) is 35.2 Å². The van der Waals surface area contributed by atoms with Crippen LogP contribution in [0.3, 0.4) is 0 Å². The normalized spacial score (nSPS) is 11.0. The molecule has 0 fully saturated rings. The van der Waals surface area contributed by atoms with Crippen molar-refractivity contribution in [1.82, 2.24) is 5.43 Å². The summed E-state index contributed by atoms with van der Waals surface area (Å²) >= 11 is 8.75. The van der Waals surface area contributed by atoms with Crippen molar-refractivity contribution in [3.05, 3.63) is 62.6 Å². The SMILES string of the molecule is Nc1cc(-c2ccc(Cl)cc2)sc1C(=O)N/N=C\c1cccs1. The van der Waals surface area contributed by atoms with E-state index < -0.39 is 0 Å². The Morgan fingerprint density at radius 1 is 1.26 bits per heavy atom. The molecule has 1 aromatic carbocycles. The monoisotopic (exact) mass is 361 g/mol. The molecule has 0 bridgehead atoms. The van der Waals surface area contributed by atoms with E-state index in [0.717, 1.165) is 15.3 Å². The fraction of sp³-hybridized carbons (Fsp3) is 0. The molecule has 0 aliphatic carbocycles. The van der Waals surface area contributed by atoms with Crippen LogP contribution in [-0.2, 0) is 0 Å². The molecule has 116 valence electrons. The Morgan fingerprint density at radius 3 is 2.74 bits per heavy atom. The van der Waals surface area contributed by atoms with Gasteiger partial charge in [0, 0.05) is 14.8 Å². The fourth-order valence-corrected chi connectivity index (χ4v) is 3.59. The van der Waals surface area contributed by atoms with Crippen LogP contribution in [0.1, 0.15) is 14.5 Å². The Bertz CT molecular complexity index is 839. The van der Waals surface area contributed by atoms with E-state index in [4.69, 9.17) is 17.3 Å². The Kier molecular flexibility index (Phi) is 4.76. The lowest BCUT2D eigenvalue weighted by atomic mass is 10.2. The van der Waals surface area contributed by atoms with E-state index in [1.807, 2.05) is 29.6 Å². The summed E-state index contributed by atoms with van der Waals surface area (Å²) in [5, 5.41) is 6.55. The van der Waals surface area contributed by atoms with Crippen LogP contribution in [0.25, 0.3) is 10.4 Å². The molecule has 0 radical (unpaired) electrons. The number of nitrogens with one attached hydrogen (secondary N) is 1. The minimum atomic E-state index is -0.319. The highest BCUT2D eigenvalue weighted by Gasteiger charge is 2.14. The van der Waals surface area contributed by atoms with Gasteiger partial charge >= 0.3 is 0 Å². The standard InChI is InChI=1S/C16H12ClN3OS2/c17-11-5-3-10(4-6-11)14-8-13(18)15(23-14)16(21)20-19-9-12-2-1-7-22-12/h1-9H,18H2,(H,20,21)/b19-9-. The van der Waals surface area contributed by atoms with Crippen molar-refractivity contribution >= 4 is 52.1 Å². The van der Waals surface area contributed by atoms with Crippen molar-refractivity contribution in [3.63, 3.8) is 0 Å². The Hall–Kier alpha value is -2.15.